The van der Waals surface area contributed by atoms with E-state index in [1.165, 1.54) is 5.56 Å². The van der Waals surface area contributed by atoms with Crippen molar-refractivity contribution in [3.05, 3.63) is 47.0 Å². The quantitative estimate of drug-likeness (QED) is 0.868. The van der Waals surface area contributed by atoms with Gasteiger partial charge in [0.2, 0.25) is 5.95 Å². The largest absolute Gasteiger partial charge is 0.372 e. The molecule has 1 fully saturated rings. The van der Waals surface area contributed by atoms with Gasteiger partial charge >= 0.3 is 0 Å². The number of hydrogen-bond acceptors (Lipinski definition) is 5. The molecule has 0 aliphatic carbocycles. The van der Waals surface area contributed by atoms with Gasteiger partial charge in [0.1, 0.15) is 0 Å². The smallest absolute Gasteiger partial charge is 0.225 e. The van der Waals surface area contributed by atoms with Crippen molar-refractivity contribution in [3.63, 3.8) is 0 Å². The highest BCUT2D eigenvalue weighted by atomic mass is 16.5. The number of aromatic nitrogens is 3. The van der Waals surface area contributed by atoms with Crippen LogP contribution in [-0.4, -0.2) is 34.1 Å². The third-order valence-corrected chi connectivity index (χ3v) is 4.49. The number of aryl methyl sites for hydroxylation is 2. The highest BCUT2D eigenvalue weighted by Gasteiger charge is 2.23. The van der Waals surface area contributed by atoms with Crippen molar-refractivity contribution in [1.82, 2.24) is 15.0 Å². The normalized spacial score (nSPS) is 18.2. The van der Waals surface area contributed by atoms with Crippen molar-refractivity contribution in [2.75, 3.05) is 18.0 Å². The van der Waals surface area contributed by atoms with Crippen LogP contribution >= 0.6 is 0 Å². The standard InChI is InChI=1S/C18H24N4O/c1-13-14(2)20-18(21-15(13)3)22-9-5-7-17(11-22)23-12-16-6-4-8-19-10-16/h4,6,8,10,17H,5,7,9,11-12H2,1-3H3. The highest BCUT2D eigenvalue weighted by Crippen LogP contribution is 2.21. The van der Waals surface area contributed by atoms with Gasteiger partial charge in [0.25, 0.3) is 0 Å². The zero-order valence-corrected chi connectivity index (χ0v) is 14.1. The van der Waals surface area contributed by atoms with Crippen molar-refractivity contribution >= 4 is 5.95 Å². The highest BCUT2D eigenvalue weighted by molar-refractivity contribution is 5.36. The lowest BCUT2D eigenvalue weighted by Crippen LogP contribution is -2.40. The van der Waals surface area contributed by atoms with E-state index in [-0.39, 0.29) is 6.10 Å². The predicted octanol–water partition coefficient (Wildman–Crippen LogP) is 2.98. The fourth-order valence-electron chi connectivity index (χ4n) is 2.85. The van der Waals surface area contributed by atoms with Gasteiger partial charge in [0.15, 0.2) is 0 Å². The Bertz CT molecular complexity index is 636. The number of pyridine rings is 1. The van der Waals surface area contributed by atoms with Crippen molar-refractivity contribution < 1.29 is 4.74 Å². The molecule has 0 radical (unpaired) electrons. The molecule has 2 aromatic heterocycles. The Hall–Kier alpha value is -2.01. The summed E-state index contributed by atoms with van der Waals surface area (Å²) in [5.74, 6) is 0.834. The van der Waals surface area contributed by atoms with Crippen LogP contribution < -0.4 is 4.90 Å². The first-order valence-corrected chi connectivity index (χ1v) is 8.21. The van der Waals surface area contributed by atoms with E-state index in [2.05, 4.69) is 26.8 Å². The molecule has 1 unspecified atom stereocenters. The molecule has 5 nitrogen and oxygen atoms in total. The van der Waals surface area contributed by atoms with E-state index in [1.807, 2.05) is 32.2 Å². The lowest BCUT2D eigenvalue weighted by Gasteiger charge is -2.33. The minimum Gasteiger partial charge on any atom is -0.372 e. The molecule has 5 heteroatoms. The van der Waals surface area contributed by atoms with Crippen LogP contribution in [0, 0.1) is 20.8 Å². The minimum absolute atomic E-state index is 0.217. The monoisotopic (exact) mass is 312 g/mol. The maximum atomic E-state index is 6.07. The lowest BCUT2D eigenvalue weighted by atomic mass is 10.1. The van der Waals surface area contributed by atoms with Crippen LogP contribution in [0.2, 0.25) is 0 Å². The van der Waals surface area contributed by atoms with Gasteiger partial charge in [-0.1, -0.05) is 6.07 Å². The topological polar surface area (TPSA) is 51.1 Å². The second kappa shape index (κ2) is 7.04. The van der Waals surface area contributed by atoms with Crippen molar-refractivity contribution in [3.8, 4) is 0 Å². The van der Waals surface area contributed by atoms with E-state index in [9.17, 15) is 0 Å². The van der Waals surface area contributed by atoms with E-state index in [1.54, 1.807) is 6.20 Å². The molecule has 1 saturated heterocycles. The third-order valence-electron chi connectivity index (χ3n) is 4.49. The van der Waals surface area contributed by atoms with Crippen LogP contribution in [0.15, 0.2) is 24.5 Å². The van der Waals surface area contributed by atoms with E-state index in [0.29, 0.717) is 6.61 Å². The zero-order valence-electron chi connectivity index (χ0n) is 14.1. The van der Waals surface area contributed by atoms with Crippen LogP contribution in [0.25, 0.3) is 0 Å². The van der Waals surface area contributed by atoms with Crippen molar-refractivity contribution in [2.45, 2.75) is 46.3 Å². The summed E-state index contributed by atoms with van der Waals surface area (Å²) < 4.78 is 6.07. The number of nitrogens with zero attached hydrogens (tertiary/aromatic N) is 4. The predicted molar refractivity (Wildman–Crippen MR) is 90.5 cm³/mol. The molecule has 1 aliphatic heterocycles. The molecule has 1 atom stereocenters. The number of ether oxygens (including phenoxy) is 1. The molecule has 0 amide bonds. The van der Waals surface area contributed by atoms with E-state index in [0.717, 1.165) is 48.8 Å². The Labute approximate surface area is 137 Å². The number of piperidine rings is 1. The summed E-state index contributed by atoms with van der Waals surface area (Å²) in [6.45, 7) is 8.63. The maximum Gasteiger partial charge on any atom is 0.225 e. The summed E-state index contributed by atoms with van der Waals surface area (Å²) in [5, 5.41) is 0. The van der Waals surface area contributed by atoms with E-state index < -0.39 is 0 Å². The van der Waals surface area contributed by atoms with Crippen LogP contribution in [0.4, 0.5) is 5.95 Å². The van der Waals surface area contributed by atoms with Gasteiger partial charge in [-0.2, -0.15) is 0 Å². The molecule has 0 bridgehead atoms. The van der Waals surface area contributed by atoms with Gasteiger partial charge in [-0.15, -0.1) is 0 Å². The molecule has 23 heavy (non-hydrogen) atoms. The summed E-state index contributed by atoms with van der Waals surface area (Å²) in [5.41, 5.74) is 4.41. The van der Waals surface area contributed by atoms with E-state index in [4.69, 9.17) is 4.74 Å². The van der Waals surface area contributed by atoms with Gasteiger partial charge in [-0.25, -0.2) is 9.97 Å². The molecule has 122 valence electrons. The van der Waals surface area contributed by atoms with Gasteiger partial charge in [-0.05, 0) is 50.8 Å². The fourth-order valence-corrected chi connectivity index (χ4v) is 2.85. The average Bonchev–Trinajstić information content (AvgIpc) is 2.58. The summed E-state index contributed by atoms with van der Waals surface area (Å²) in [6, 6.07) is 3.99. The first-order chi connectivity index (χ1) is 11.1. The molecule has 2 aromatic rings. The molecule has 0 aromatic carbocycles. The molecule has 0 N–H and O–H groups in total. The second-order valence-corrected chi connectivity index (χ2v) is 6.20. The molecule has 0 spiro atoms. The summed E-state index contributed by atoms with van der Waals surface area (Å²) in [6.07, 6.45) is 6.05. The first-order valence-electron chi connectivity index (χ1n) is 8.21. The Kier molecular flexibility index (Phi) is 4.86. The van der Waals surface area contributed by atoms with E-state index >= 15 is 0 Å². The third kappa shape index (κ3) is 3.85. The molecule has 1 aliphatic rings. The van der Waals surface area contributed by atoms with Gasteiger partial charge in [0.05, 0.1) is 12.7 Å². The summed E-state index contributed by atoms with van der Waals surface area (Å²) in [4.78, 5) is 15.7. The maximum absolute atomic E-state index is 6.07. The summed E-state index contributed by atoms with van der Waals surface area (Å²) >= 11 is 0. The van der Waals surface area contributed by atoms with Crippen LogP contribution in [0.1, 0.15) is 35.4 Å². The molecule has 3 heterocycles. The first kappa shape index (κ1) is 15.9. The van der Waals surface area contributed by atoms with Crippen molar-refractivity contribution in [1.29, 1.82) is 0 Å². The molecular formula is C18H24N4O. The zero-order chi connectivity index (χ0) is 16.2. The Morgan fingerprint density at radius 1 is 1.22 bits per heavy atom. The Balaban J connectivity index is 1.64. The Morgan fingerprint density at radius 3 is 2.70 bits per heavy atom. The summed E-state index contributed by atoms with van der Waals surface area (Å²) in [7, 11) is 0. The van der Waals surface area contributed by atoms with Gasteiger partial charge in [0, 0.05) is 36.9 Å². The SMILES string of the molecule is Cc1nc(N2CCCC(OCc3cccnc3)C2)nc(C)c1C. The number of hydrogen-bond donors (Lipinski definition) is 0. The minimum atomic E-state index is 0.217. The fraction of sp³-hybridized carbons (Fsp3) is 0.500. The molecule has 3 rings (SSSR count). The van der Waals surface area contributed by atoms with Crippen LogP contribution in [0.5, 0.6) is 0 Å². The molecule has 0 saturated carbocycles. The average molecular weight is 312 g/mol. The lowest BCUT2D eigenvalue weighted by molar-refractivity contribution is 0.0311. The second-order valence-electron chi connectivity index (χ2n) is 6.20. The molecular weight excluding hydrogens is 288 g/mol. The number of anilines is 1. The Morgan fingerprint density at radius 2 is 2.00 bits per heavy atom. The van der Waals surface area contributed by atoms with Gasteiger partial charge < -0.3 is 9.64 Å². The van der Waals surface area contributed by atoms with Gasteiger partial charge in [-0.3, -0.25) is 4.98 Å². The van der Waals surface area contributed by atoms with Crippen LogP contribution in [0.3, 0.4) is 0 Å². The number of rotatable bonds is 4. The van der Waals surface area contributed by atoms with Crippen molar-refractivity contribution in [2.24, 2.45) is 0 Å². The van der Waals surface area contributed by atoms with Crippen LogP contribution in [-0.2, 0) is 11.3 Å².